The smallest absolute Gasteiger partial charge is 0.224 e. The normalized spacial score (nSPS) is 10.4. The summed E-state index contributed by atoms with van der Waals surface area (Å²) in [7, 11) is 1.56. The monoisotopic (exact) mass is 329 g/mol. The van der Waals surface area contributed by atoms with Crippen LogP contribution in [0.15, 0.2) is 29.0 Å². The van der Waals surface area contributed by atoms with Gasteiger partial charge in [-0.2, -0.15) is 4.98 Å². The van der Waals surface area contributed by atoms with Crippen molar-refractivity contribution in [3.8, 4) is 11.6 Å². The van der Waals surface area contributed by atoms with E-state index in [1.165, 1.54) is 6.07 Å². The fraction of sp³-hybridized carbons (Fsp3) is 0.182. The fourth-order valence-electron chi connectivity index (χ4n) is 1.26. The van der Waals surface area contributed by atoms with Crippen LogP contribution in [0.2, 0.25) is 5.15 Å². The average molecular weight is 331 g/mol. The van der Waals surface area contributed by atoms with Crippen LogP contribution in [0.25, 0.3) is 0 Å². The molecule has 5 nitrogen and oxygen atoms in total. The first-order valence-corrected chi connectivity index (χ1v) is 6.15. The molecule has 2 rings (SSSR count). The van der Waals surface area contributed by atoms with Crippen LogP contribution in [0, 0.1) is 0 Å². The Morgan fingerprint density at radius 3 is 2.83 bits per heavy atom. The van der Waals surface area contributed by atoms with Gasteiger partial charge in [-0.3, -0.25) is 4.98 Å². The molecule has 0 saturated heterocycles. The van der Waals surface area contributed by atoms with E-state index in [2.05, 4.69) is 30.9 Å². The Bertz CT molecular complexity index is 554. The molecule has 0 aromatic carbocycles. The Morgan fingerprint density at radius 2 is 2.11 bits per heavy atom. The summed E-state index contributed by atoms with van der Waals surface area (Å²) in [4.78, 5) is 12.2. The van der Waals surface area contributed by atoms with Crippen molar-refractivity contribution >= 4 is 27.5 Å². The van der Waals surface area contributed by atoms with Gasteiger partial charge in [0.05, 0.1) is 6.20 Å². The Balaban J connectivity index is 2.23. The molecule has 0 amide bonds. The number of aromatic nitrogens is 3. The Labute approximate surface area is 117 Å². The van der Waals surface area contributed by atoms with E-state index in [4.69, 9.17) is 21.1 Å². The molecule has 0 saturated carbocycles. The van der Waals surface area contributed by atoms with E-state index in [1.54, 1.807) is 25.6 Å². The van der Waals surface area contributed by atoms with Gasteiger partial charge >= 0.3 is 0 Å². The van der Waals surface area contributed by atoms with Crippen molar-refractivity contribution in [1.29, 1.82) is 0 Å². The maximum atomic E-state index is 5.87. The van der Waals surface area contributed by atoms with Gasteiger partial charge in [0.25, 0.3) is 0 Å². The number of ether oxygens (including phenoxy) is 2. The third kappa shape index (κ3) is 3.63. The van der Waals surface area contributed by atoms with Gasteiger partial charge in [0.15, 0.2) is 5.82 Å². The lowest BCUT2D eigenvalue weighted by Gasteiger charge is -2.06. The van der Waals surface area contributed by atoms with Gasteiger partial charge in [-0.05, 0) is 22.0 Å². The first-order valence-electron chi connectivity index (χ1n) is 4.98. The summed E-state index contributed by atoms with van der Waals surface area (Å²) in [6.45, 7) is 0.271. The topological polar surface area (TPSA) is 57.1 Å². The highest BCUT2D eigenvalue weighted by Gasteiger charge is 2.06. The minimum atomic E-state index is 0.271. The van der Waals surface area contributed by atoms with Gasteiger partial charge in [-0.1, -0.05) is 11.6 Å². The molecular weight excluding hydrogens is 321 g/mol. The highest BCUT2D eigenvalue weighted by atomic mass is 79.9. The van der Waals surface area contributed by atoms with Crippen molar-refractivity contribution in [2.45, 2.75) is 6.61 Å². The largest absolute Gasteiger partial charge is 0.437 e. The summed E-state index contributed by atoms with van der Waals surface area (Å²) in [5.41, 5.74) is 0. The molecule has 0 fully saturated rings. The second-order valence-corrected chi connectivity index (χ2v) is 4.62. The number of hydrogen-bond donors (Lipinski definition) is 0. The molecule has 0 unspecified atom stereocenters. The lowest BCUT2D eigenvalue weighted by Crippen LogP contribution is -1.99. The highest BCUT2D eigenvalue weighted by Crippen LogP contribution is 2.23. The van der Waals surface area contributed by atoms with Crippen LogP contribution >= 0.6 is 27.5 Å². The predicted octanol–water partition coefficient (Wildman–Crippen LogP) is 3.23. The fourth-order valence-corrected chi connectivity index (χ4v) is 1.79. The molecule has 0 aliphatic rings. The van der Waals surface area contributed by atoms with E-state index < -0.39 is 0 Å². The third-order valence-corrected chi connectivity index (χ3v) is 2.52. The summed E-state index contributed by atoms with van der Waals surface area (Å²) in [5.74, 6) is 1.37. The van der Waals surface area contributed by atoms with Gasteiger partial charge in [0.1, 0.15) is 17.5 Å². The summed E-state index contributed by atoms with van der Waals surface area (Å²) >= 11 is 9.18. The molecule has 0 aliphatic carbocycles. The van der Waals surface area contributed by atoms with E-state index >= 15 is 0 Å². The summed E-state index contributed by atoms with van der Waals surface area (Å²) in [6.07, 6.45) is 3.24. The Hall–Kier alpha value is -1.24. The highest BCUT2D eigenvalue weighted by molar-refractivity contribution is 9.10. The van der Waals surface area contributed by atoms with E-state index in [0.717, 1.165) is 4.47 Å². The van der Waals surface area contributed by atoms with Gasteiger partial charge < -0.3 is 9.47 Å². The van der Waals surface area contributed by atoms with E-state index in [1.807, 2.05) is 0 Å². The van der Waals surface area contributed by atoms with Crippen LogP contribution < -0.4 is 4.74 Å². The van der Waals surface area contributed by atoms with E-state index in [-0.39, 0.29) is 6.61 Å². The molecule has 18 heavy (non-hydrogen) atoms. The van der Waals surface area contributed by atoms with Gasteiger partial charge in [-0.15, -0.1) is 0 Å². The number of nitrogens with zero attached hydrogens (tertiary/aromatic N) is 3. The molecule has 2 aromatic heterocycles. The van der Waals surface area contributed by atoms with Crippen LogP contribution in [0.4, 0.5) is 0 Å². The second-order valence-electron chi connectivity index (χ2n) is 3.32. The standard InChI is InChI=1S/C11H9BrClN3O2/c1-17-6-10-15-9(13)3-11(16-10)18-8-2-7(12)4-14-5-8/h2-5H,6H2,1H3. The summed E-state index contributed by atoms with van der Waals surface area (Å²) in [6, 6.07) is 3.31. The number of methoxy groups -OCH3 is 1. The van der Waals surface area contributed by atoms with E-state index in [0.29, 0.717) is 22.6 Å². The number of rotatable bonds is 4. The van der Waals surface area contributed by atoms with Gasteiger partial charge in [0, 0.05) is 23.8 Å². The van der Waals surface area contributed by atoms with Crippen LogP contribution in [0.1, 0.15) is 5.82 Å². The molecule has 2 heterocycles. The number of halogens is 2. The first kappa shape index (κ1) is 13.2. The van der Waals surface area contributed by atoms with Crippen molar-refractivity contribution in [1.82, 2.24) is 15.0 Å². The molecule has 0 spiro atoms. The van der Waals surface area contributed by atoms with Crippen LogP contribution in [-0.2, 0) is 11.3 Å². The van der Waals surface area contributed by atoms with Gasteiger partial charge in [-0.25, -0.2) is 4.98 Å². The lowest BCUT2D eigenvalue weighted by atomic mass is 10.4. The van der Waals surface area contributed by atoms with E-state index in [9.17, 15) is 0 Å². The maximum absolute atomic E-state index is 5.87. The Kier molecular flexibility index (Phi) is 4.46. The summed E-state index contributed by atoms with van der Waals surface area (Å²) in [5, 5.41) is 0.301. The average Bonchev–Trinajstić information content (AvgIpc) is 2.28. The molecular formula is C11H9BrClN3O2. The molecule has 0 aliphatic heterocycles. The summed E-state index contributed by atoms with van der Waals surface area (Å²) < 4.78 is 11.3. The molecule has 94 valence electrons. The maximum Gasteiger partial charge on any atom is 0.224 e. The molecule has 0 N–H and O–H groups in total. The molecule has 2 aromatic rings. The zero-order valence-corrected chi connectivity index (χ0v) is 11.8. The third-order valence-electron chi connectivity index (χ3n) is 1.89. The predicted molar refractivity (Wildman–Crippen MR) is 69.8 cm³/mol. The second kappa shape index (κ2) is 6.08. The number of hydrogen-bond acceptors (Lipinski definition) is 5. The van der Waals surface area contributed by atoms with Crippen LogP contribution in [0.5, 0.6) is 11.6 Å². The van der Waals surface area contributed by atoms with Crippen LogP contribution in [-0.4, -0.2) is 22.1 Å². The number of pyridine rings is 1. The van der Waals surface area contributed by atoms with Crippen LogP contribution in [0.3, 0.4) is 0 Å². The minimum absolute atomic E-state index is 0.271. The zero-order chi connectivity index (χ0) is 13.0. The lowest BCUT2D eigenvalue weighted by molar-refractivity contribution is 0.177. The van der Waals surface area contributed by atoms with Crippen molar-refractivity contribution in [2.75, 3.05) is 7.11 Å². The Morgan fingerprint density at radius 1 is 1.28 bits per heavy atom. The van der Waals surface area contributed by atoms with Crippen molar-refractivity contribution in [2.24, 2.45) is 0 Å². The SMILES string of the molecule is COCc1nc(Cl)cc(Oc2cncc(Br)c2)n1. The molecule has 7 heteroatoms. The van der Waals surface area contributed by atoms with Crippen molar-refractivity contribution in [3.05, 3.63) is 40.0 Å². The minimum Gasteiger partial charge on any atom is -0.437 e. The van der Waals surface area contributed by atoms with Crippen molar-refractivity contribution in [3.63, 3.8) is 0 Å². The van der Waals surface area contributed by atoms with Gasteiger partial charge in [0.2, 0.25) is 5.88 Å². The first-order chi connectivity index (χ1) is 8.67. The molecule has 0 radical (unpaired) electrons. The molecule has 0 bridgehead atoms. The zero-order valence-electron chi connectivity index (χ0n) is 9.43. The molecule has 0 atom stereocenters. The quantitative estimate of drug-likeness (QED) is 0.806. The van der Waals surface area contributed by atoms with Crippen molar-refractivity contribution < 1.29 is 9.47 Å².